The second-order valence-corrected chi connectivity index (χ2v) is 6.67. The first-order valence-electron chi connectivity index (χ1n) is 6.35. The average Bonchev–Trinajstić information content (AvgIpc) is 3.08. The standard InChI is InChI=1S/C14H11ClINO3/c15-7-5-6(1-2-8(7)16)17-13(18)11-9-3-4-10(20-9)12(11)14(17)19/h1-2,5,9-10,18-19H,3-4H2/t9-,10+. The molecular weight excluding hydrogens is 393 g/mol. The molecule has 4 rings (SSSR count). The monoisotopic (exact) mass is 403 g/mol. The minimum atomic E-state index is -0.0959. The Morgan fingerprint density at radius 3 is 2.30 bits per heavy atom. The second kappa shape index (κ2) is 4.29. The third kappa shape index (κ3) is 1.57. The molecule has 2 N–H and O–H groups in total. The molecule has 1 fully saturated rings. The van der Waals surface area contributed by atoms with E-state index in [0.717, 1.165) is 27.5 Å². The molecule has 1 saturated heterocycles. The van der Waals surface area contributed by atoms with E-state index in [-0.39, 0.29) is 24.0 Å². The van der Waals surface area contributed by atoms with Crippen molar-refractivity contribution in [1.82, 2.24) is 4.57 Å². The summed E-state index contributed by atoms with van der Waals surface area (Å²) in [6.07, 6.45) is 1.59. The predicted molar refractivity (Wildman–Crippen MR) is 82.6 cm³/mol. The van der Waals surface area contributed by atoms with Crippen LogP contribution in [0.5, 0.6) is 11.8 Å². The zero-order valence-corrected chi connectivity index (χ0v) is 13.2. The van der Waals surface area contributed by atoms with Gasteiger partial charge >= 0.3 is 0 Å². The summed E-state index contributed by atoms with van der Waals surface area (Å²) in [5.74, 6) is 0.115. The third-order valence-corrected chi connectivity index (χ3v) is 5.59. The van der Waals surface area contributed by atoms with Crippen molar-refractivity contribution in [2.24, 2.45) is 0 Å². The minimum absolute atomic E-state index is 0.0574. The maximum absolute atomic E-state index is 10.4. The zero-order valence-electron chi connectivity index (χ0n) is 10.3. The summed E-state index contributed by atoms with van der Waals surface area (Å²) in [5, 5.41) is 21.5. The van der Waals surface area contributed by atoms with Gasteiger partial charge in [0.1, 0.15) is 0 Å². The molecule has 4 nitrogen and oxygen atoms in total. The molecule has 0 saturated carbocycles. The van der Waals surface area contributed by atoms with Gasteiger partial charge in [-0.3, -0.25) is 4.57 Å². The van der Waals surface area contributed by atoms with E-state index in [2.05, 4.69) is 22.6 Å². The van der Waals surface area contributed by atoms with Crippen molar-refractivity contribution < 1.29 is 14.9 Å². The van der Waals surface area contributed by atoms with Gasteiger partial charge in [0.15, 0.2) is 0 Å². The van der Waals surface area contributed by atoms with Crippen LogP contribution in [0, 0.1) is 3.57 Å². The Hall–Kier alpha value is -0.920. The van der Waals surface area contributed by atoms with E-state index in [1.807, 2.05) is 12.1 Å². The van der Waals surface area contributed by atoms with Gasteiger partial charge in [-0.2, -0.15) is 0 Å². The molecule has 0 radical (unpaired) electrons. The zero-order chi connectivity index (χ0) is 14.0. The largest absolute Gasteiger partial charge is 0.494 e. The predicted octanol–water partition coefficient (Wildman–Crippen LogP) is 4.05. The van der Waals surface area contributed by atoms with Crippen LogP contribution < -0.4 is 0 Å². The maximum Gasteiger partial charge on any atom is 0.205 e. The lowest BCUT2D eigenvalue weighted by atomic mass is 9.95. The smallest absolute Gasteiger partial charge is 0.205 e. The lowest BCUT2D eigenvalue weighted by Gasteiger charge is -2.11. The summed E-state index contributed by atoms with van der Waals surface area (Å²) in [6.45, 7) is 0. The Labute approximate surface area is 134 Å². The van der Waals surface area contributed by atoms with E-state index in [0.29, 0.717) is 10.7 Å². The van der Waals surface area contributed by atoms with Crippen LogP contribution >= 0.6 is 34.2 Å². The van der Waals surface area contributed by atoms with Gasteiger partial charge in [-0.15, -0.1) is 0 Å². The van der Waals surface area contributed by atoms with Crippen LogP contribution in [0.15, 0.2) is 18.2 Å². The summed E-state index contributed by atoms with van der Waals surface area (Å²) in [7, 11) is 0. The van der Waals surface area contributed by atoms with Crippen LogP contribution in [-0.4, -0.2) is 14.8 Å². The Kier molecular flexibility index (Phi) is 2.74. The molecule has 0 aliphatic carbocycles. The quantitative estimate of drug-likeness (QED) is 0.706. The summed E-state index contributed by atoms with van der Waals surface area (Å²) in [5.41, 5.74) is 2.11. The molecule has 104 valence electrons. The number of hydrogen-bond acceptors (Lipinski definition) is 3. The molecular formula is C14H11ClINO3. The highest BCUT2D eigenvalue weighted by molar-refractivity contribution is 14.1. The van der Waals surface area contributed by atoms with Crippen LogP contribution in [0.25, 0.3) is 5.69 Å². The molecule has 0 unspecified atom stereocenters. The molecule has 3 heterocycles. The van der Waals surface area contributed by atoms with Gasteiger partial charge in [0.05, 0.1) is 34.0 Å². The summed E-state index contributed by atoms with van der Waals surface area (Å²) < 4.78 is 8.09. The summed E-state index contributed by atoms with van der Waals surface area (Å²) in [6, 6.07) is 5.42. The van der Waals surface area contributed by atoms with Crippen molar-refractivity contribution in [3.05, 3.63) is 37.9 Å². The van der Waals surface area contributed by atoms with Crippen LogP contribution in [0.3, 0.4) is 0 Å². The van der Waals surface area contributed by atoms with E-state index < -0.39 is 0 Å². The number of nitrogens with zero attached hydrogens (tertiary/aromatic N) is 1. The summed E-state index contributed by atoms with van der Waals surface area (Å²) >= 11 is 8.26. The van der Waals surface area contributed by atoms with Crippen LogP contribution in [0.4, 0.5) is 0 Å². The maximum atomic E-state index is 10.4. The fraction of sp³-hybridized carbons (Fsp3) is 0.286. The van der Waals surface area contributed by atoms with Crippen molar-refractivity contribution in [3.63, 3.8) is 0 Å². The van der Waals surface area contributed by atoms with E-state index in [1.165, 1.54) is 4.57 Å². The van der Waals surface area contributed by atoms with Crippen LogP contribution in [0.2, 0.25) is 5.02 Å². The number of halogens is 2. The molecule has 0 spiro atoms. The van der Waals surface area contributed by atoms with E-state index in [9.17, 15) is 10.2 Å². The highest BCUT2D eigenvalue weighted by atomic mass is 127. The van der Waals surface area contributed by atoms with Crippen molar-refractivity contribution in [1.29, 1.82) is 0 Å². The van der Waals surface area contributed by atoms with Gasteiger partial charge in [-0.1, -0.05) is 11.6 Å². The van der Waals surface area contributed by atoms with Crippen LogP contribution in [-0.2, 0) is 4.74 Å². The van der Waals surface area contributed by atoms with Crippen molar-refractivity contribution in [2.75, 3.05) is 0 Å². The van der Waals surface area contributed by atoms with Gasteiger partial charge in [-0.25, -0.2) is 0 Å². The SMILES string of the molecule is Oc1c2c(c(O)n1-c1ccc(I)c(Cl)c1)[C@H]1CC[C@@H]2O1. The molecule has 0 amide bonds. The Bertz CT molecular complexity index is 694. The Morgan fingerprint density at radius 1 is 1.15 bits per heavy atom. The molecule has 2 aliphatic heterocycles. The van der Waals surface area contributed by atoms with E-state index in [4.69, 9.17) is 16.3 Å². The molecule has 2 bridgehead atoms. The molecule has 1 aromatic carbocycles. The number of aromatic hydroxyl groups is 2. The first-order chi connectivity index (χ1) is 9.58. The number of aromatic nitrogens is 1. The molecule has 2 atom stereocenters. The number of hydrogen-bond donors (Lipinski definition) is 2. The average molecular weight is 404 g/mol. The molecule has 2 aliphatic rings. The topological polar surface area (TPSA) is 54.6 Å². The van der Waals surface area contributed by atoms with Crippen molar-refractivity contribution in [3.8, 4) is 17.4 Å². The normalized spacial score (nSPS) is 23.3. The van der Waals surface area contributed by atoms with Crippen molar-refractivity contribution >= 4 is 34.2 Å². The van der Waals surface area contributed by atoms with Crippen LogP contribution in [0.1, 0.15) is 36.2 Å². The Morgan fingerprint density at radius 2 is 1.75 bits per heavy atom. The minimum Gasteiger partial charge on any atom is -0.494 e. The molecule has 2 aromatic rings. The highest BCUT2D eigenvalue weighted by Crippen LogP contribution is 2.58. The van der Waals surface area contributed by atoms with E-state index in [1.54, 1.807) is 6.07 Å². The van der Waals surface area contributed by atoms with Gasteiger partial charge < -0.3 is 14.9 Å². The fourth-order valence-corrected chi connectivity index (χ4v) is 3.66. The third-order valence-electron chi connectivity index (χ3n) is 4.02. The molecule has 20 heavy (non-hydrogen) atoms. The van der Waals surface area contributed by atoms with E-state index >= 15 is 0 Å². The summed E-state index contributed by atoms with van der Waals surface area (Å²) in [4.78, 5) is 0. The molecule has 1 aromatic heterocycles. The number of rotatable bonds is 1. The van der Waals surface area contributed by atoms with Gasteiger partial charge in [-0.05, 0) is 53.6 Å². The second-order valence-electron chi connectivity index (χ2n) is 5.10. The lowest BCUT2D eigenvalue weighted by Crippen LogP contribution is -1.96. The first kappa shape index (κ1) is 12.8. The highest BCUT2D eigenvalue weighted by Gasteiger charge is 2.45. The first-order valence-corrected chi connectivity index (χ1v) is 7.81. The molecule has 6 heteroatoms. The fourth-order valence-electron chi connectivity index (χ4n) is 3.15. The lowest BCUT2D eigenvalue weighted by molar-refractivity contribution is 0.0683. The number of ether oxygens (including phenoxy) is 1. The number of fused-ring (bicyclic) bond motifs is 5. The number of benzene rings is 1. The van der Waals surface area contributed by atoms with Gasteiger partial charge in [0.25, 0.3) is 0 Å². The van der Waals surface area contributed by atoms with Gasteiger partial charge in [0, 0.05) is 3.57 Å². The van der Waals surface area contributed by atoms with Crippen molar-refractivity contribution in [2.45, 2.75) is 25.0 Å². The Balaban J connectivity index is 1.94. The van der Waals surface area contributed by atoms with Gasteiger partial charge in [0.2, 0.25) is 11.8 Å².